The van der Waals surface area contributed by atoms with E-state index >= 15 is 0 Å². The first-order valence-electron chi connectivity index (χ1n) is 8.24. The Morgan fingerprint density at radius 2 is 1.76 bits per heavy atom. The molecule has 4 nitrogen and oxygen atoms in total. The third-order valence-corrected chi connectivity index (χ3v) is 4.89. The van der Waals surface area contributed by atoms with Crippen molar-refractivity contribution < 1.29 is 14.3 Å². The van der Waals surface area contributed by atoms with Crippen molar-refractivity contribution in [2.75, 3.05) is 26.5 Å². The fraction of sp³-hybridized carbons (Fsp3) is 0.350. The predicted molar refractivity (Wildman–Crippen MR) is 104 cm³/mol. The Morgan fingerprint density at radius 1 is 1.08 bits per heavy atom. The zero-order valence-electron chi connectivity index (χ0n) is 15.0. The lowest BCUT2D eigenvalue weighted by atomic mass is 10.1. The number of ether oxygens (including phenoxy) is 2. The van der Waals surface area contributed by atoms with Crippen LogP contribution >= 0.6 is 11.8 Å². The van der Waals surface area contributed by atoms with Crippen LogP contribution in [0.25, 0.3) is 0 Å². The highest BCUT2D eigenvalue weighted by molar-refractivity contribution is 7.99. The molecule has 2 aromatic rings. The maximum absolute atomic E-state index is 12.0. The van der Waals surface area contributed by atoms with Gasteiger partial charge in [-0.25, -0.2) is 0 Å². The minimum atomic E-state index is 0.0686. The van der Waals surface area contributed by atoms with E-state index in [1.807, 2.05) is 37.3 Å². The molecule has 0 bridgehead atoms. The molecule has 0 atom stereocenters. The monoisotopic (exact) mass is 359 g/mol. The normalized spacial score (nSPS) is 10.4. The van der Waals surface area contributed by atoms with Gasteiger partial charge in [-0.3, -0.25) is 4.79 Å². The van der Waals surface area contributed by atoms with Crippen LogP contribution in [0, 0.1) is 6.92 Å². The number of rotatable bonds is 9. The van der Waals surface area contributed by atoms with Gasteiger partial charge in [0.25, 0.3) is 0 Å². The molecule has 0 radical (unpaired) electrons. The number of carbonyl (C=O) groups is 1. The summed E-state index contributed by atoms with van der Waals surface area (Å²) < 4.78 is 10.6. The largest absolute Gasteiger partial charge is 0.493 e. The zero-order valence-corrected chi connectivity index (χ0v) is 15.8. The van der Waals surface area contributed by atoms with E-state index in [-0.39, 0.29) is 5.91 Å². The van der Waals surface area contributed by atoms with Gasteiger partial charge in [-0.1, -0.05) is 30.3 Å². The third-order valence-electron chi connectivity index (χ3n) is 3.91. The Labute approximate surface area is 153 Å². The Hall–Kier alpha value is -2.14. The van der Waals surface area contributed by atoms with Crippen LogP contribution in [0.3, 0.4) is 0 Å². The topological polar surface area (TPSA) is 47.6 Å². The SMILES string of the molecule is COc1cc(C)c(CSCC(=O)NCCc2ccccc2)cc1OC. The summed E-state index contributed by atoms with van der Waals surface area (Å²) in [4.78, 5) is 12.0. The van der Waals surface area contributed by atoms with E-state index in [0.717, 1.165) is 34.8 Å². The highest BCUT2D eigenvalue weighted by Gasteiger charge is 2.09. The molecule has 2 aromatic carbocycles. The van der Waals surface area contributed by atoms with Crippen molar-refractivity contribution in [2.24, 2.45) is 0 Å². The number of hydrogen-bond donors (Lipinski definition) is 1. The Kier molecular flexibility index (Phi) is 7.67. The van der Waals surface area contributed by atoms with Gasteiger partial charge in [0.2, 0.25) is 5.91 Å². The number of thioether (sulfide) groups is 1. The lowest BCUT2D eigenvalue weighted by Gasteiger charge is -2.12. The van der Waals surface area contributed by atoms with Gasteiger partial charge in [-0.2, -0.15) is 0 Å². The van der Waals surface area contributed by atoms with Gasteiger partial charge >= 0.3 is 0 Å². The molecule has 0 saturated carbocycles. The standard InChI is InChI=1S/C20H25NO3S/c1-15-11-18(23-2)19(24-3)12-17(15)13-25-14-20(22)21-10-9-16-7-5-4-6-8-16/h4-8,11-12H,9-10,13-14H2,1-3H3,(H,21,22). The second-order valence-electron chi connectivity index (χ2n) is 5.71. The van der Waals surface area contributed by atoms with Crippen LogP contribution in [-0.2, 0) is 17.0 Å². The van der Waals surface area contributed by atoms with E-state index in [0.29, 0.717) is 12.3 Å². The Balaban J connectivity index is 1.75. The van der Waals surface area contributed by atoms with Crippen molar-refractivity contribution in [3.63, 3.8) is 0 Å². The van der Waals surface area contributed by atoms with E-state index in [1.165, 1.54) is 5.56 Å². The second kappa shape index (κ2) is 9.99. The quantitative estimate of drug-likeness (QED) is 0.743. The predicted octanol–water partition coefficient (Wildman–Crippen LogP) is 3.60. The zero-order chi connectivity index (χ0) is 18.1. The molecule has 0 aliphatic carbocycles. The number of carbonyl (C=O) groups excluding carboxylic acids is 1. The highest BCUT2D eigenvalue weighted by Crippen LogP contribution is 2.31. The van der Waals surface area contributed by atoms with Crippen LogP contribution in [0.15, 0.2) is 42.5 Å². The van der Waals surface area contributed by atoms with Crippen LogP contribution in [0.1, 0.15) is 16.7 Å². The van der Waals surface area contributed by atoms with Crippen LogP contribution < -0.4 is 14.8 Å². The molecule has 0 unspecified atom stereocenters. The minimum Gasteiger partial charge on any atom is -0.493 e. The fourth-order valence-electron chi connectivity index (χ4n) is 2.47. The van der Waals surface area contributed by atoms with Gasteiger partial charge in [0.1, 0.15) is 0 Å². The number of amides is 1. The van der Waals surface area contributed by atoms with Gasteiger partial charge in [0, 0.05) is 12.3 Å². The summed E-state index contributed by atoms with van der Waals surface area (Å²) in [7, 11) is 3.26. The van der Waals surface area contributed by atoms with Crippen molar-refractivity contribution in [2.45, 2.75) is 19.1 Å². The van der Waals surface area contributed by atoms with Gasteiger partial charge in [-0.15, -0.1) is 11.8 Å². The van der Waals surface area contributed by atoms with Crippen LogP contribution in [0.5, 0.6) is 11.5 Å². The first-order chi connectivity index (χ1) is 12.1. The molecule has 0 aliphatic rings. The second-order valence-corrected chi connectivity index (χ2v) is 6.70. The molecule has 0 heterocycles. The Morgan fingerprint density at radius 3 is 2.44 bits per heavy atom. The number of hydrogen-bond acceptors (Lipinski definition) is 4. The van der Waals surface area contributed by atoms with Gasteiger partial charge in [0.05, 0.1) is 20.0 Å². The lowest BCUT2D eigenvalue weighted by molar-refractivity contribution is -0.118. The number of methoxy groups -OCH3 is 2. The summed E-state index contributed by atoms with van der Waals surface area (Å²) in [6, 6.07) is 14.1. The summed E-state index contributed by atoms with van der Waals surface area (Å²) in [6.45, 7) is 2.70. The number of aryl methyl sites for hydroxylation is 1. The van der Waals surface area contributed by atoms with Gasteiger partial charge < -0.3 is 14.8 Å². The summed E-state index contributed by atoms with van der Waals surface area (Å²) in [5.41, 5.74) is 3.52. The molecule has 1 N–H and O–H groups in total. The summed E-state index contributed by atoms with van der Waals surface area (Å²) >= 11 is 1.60. The maximum atomic E-state index is 12.0. The molecule has 5 heteroatoms. The van der Waals surface area contributed by atoms with Crippen molar-refractivity contribution in [1.82, 2.24) is 5.32 Å². The third kappa shape index (κ3) is 6.02. The minimum absolute atomic E-state index is 0.0686. The molecule has 0 spiro atoms. The number of benzene rings is 2. The van der Waals surface area contributed by atoms with Crippen molar-refractivity contribution in [1.29, 1.82) is 0 Å². The molecule has 1 amide bonds. The summed E-state index contributed by atoms with van der Waals surface area (Å²) in [5.74, 6) is 2.73. The molecule has 0 aliphatic heterocycles. The van der Waals surface area contributed by atoms with Crippen molar-refractivity contribution in [3.8, 4) is 11.5 Å². The van der Waals surface area contributed by atoms with E-state index in [2.05, 4.69) is 17.4 Å². The van der Waals surface area contributed by atoms with Crippen molar-refractivity contribution in [3.05, 3.63) is 59.2 Å². The highest BCUT2D eigenvalue weighted by atomic mass is 32.2. The molecule has 134 valence electrons. The van der Waals surface area contributed by atoms with E-state index in [1.54, 1.807) is 26.0 Å². The summed E-state index contributed by atoms with van der Waals surface area (Å²) in [6.07, 6.45) is 0.853. The molecule has 0 fully saturated rings. The molecular formula is C20H25NO3S. The van der Waals surface area contributed by atoms with E-state index < -0.39 is 0 Å². The summed E-state index contributed by atoms with van der Waals surface area (Å²) in [5, 5.41) is 2.97. The molecular weight excluding hydrogens is 334 g/mol. The Bertz CT molecular complexity index is 689. The fourth-order valence-corrected chi connectivity index (χ4v) is 3.39. The van der Waals surface area contributed by atoms with Crippen molar-refractivity contribution >= 4 is 17.7 Å². The van der Waals surface area contributed by atoms with Gasteiger partial charge in [0.15, 0.2) is 11.5 Å². The average Bonchev–Trinajstić information content (AvgIpc) is 2.63. The van der Waals surface area contributed by atoms with Crippen LogP contribution in [-0.4, -0.2) is 32.4 Å². The molecule has 25 heavy (non-hydrogen) atoms. The molecule has 2 rings (SSSR count). The van der Waals surface area contributed by atoms with E-state index in [4.69, 9.17) is 9.47 Å². The lowest BCUT2D eigenvalue weighted by Crippen LogP contribution is -2.27. The maximum Gasteiger partial charge on any atom is 0.230 e. The first kappa shape index (κ1) is 19.2. The molecule has 0 aromatic heterocycles. The number of nitrogens with one attached hydrogen (secondary N) is 1. The van der Waals surface area contributed by atoms with Gasteiger partial charge in [-0.05, 0) is 42.2 Å². The first-order valence-corrected chi connectivity index (χ1v) is 9.39. The van der Waals surface area contributed by atoms with Crippen LogP contribution in [0.4, 0.5) is 0 Å². The van der Waals surface area contributed by atoms with Crippen LogP contribution in [0.2, 0.25) is 0 Å². The average molecular weight is 359 g/mol. The van der Waals surface area contributed by atoms with E-state index in [9.17, 15) is 4.79 Å². The smallest absolute Gasteiger partial charge is 0.230 e. The molecule has 0 saturated heterocycles.